The van der Waals surface area contributed by atoms with Crippen molar-refractivity contribution in [2.75, 3.05) is 19.7 Å². The number of ether oxygens (including phenoxy) is 1. The first kappa shape index (κ1) is 15.2. The van der Waals surface area contributed by atoms with Crippen LogP contribution in [0.2, 0.25) is 5.02 Å². The SMILES string of the molecule is O=C(O)[C@H]1CCCN(C(=O)C2COc3ccc(Cl)cc3C2)C1. The molecule has 1 amide bonds. The van der Waals surface area contributed by atoms with Crippen LogP contribution in [0, 0.1) is 11.8 Å². The van der Waals surface area contributed by atoms with Crippen molar-refractivity contribution in [2.24, 2.45) is 11.8 Å². The molecule has 118 valence electrons. The van der Waals surface area contributed by atoms with Crippen LogP contribution in [-0.4, -0.2) is 41.6 Å². The highest BCUT2D eigenvalue weighted by molar-refractivity contribution is 6.30. The molecule has 6 heteroatoms. The maximum atomic E-state index is 12.6. The van der Waals surface area contributed by atoms with Crippen molar-refractivity contribution in [2.45, 2.75) is 19.3 Å². The summed E-state index contributed by atoms with van der Waals surface area (Å²) in [6, 6.07) is 5.41. The molecule has 0 spiro atoms. The summed E-state index contributed by atoms with van der Waals surface area (Å²) in [5, 5.41) is 9.76. The first-order valence-electron chi connectivity index (χ1n) is 7.47. The van der Waals surface area contributed by atoms with E-state index in [4.69, 9.17) is 21.4 Å². The number of benzene rings is 1. The van der Waals surface area contributed by atoms with Crippen LogP contribution in [0.3, 0.4) is 0 Å². The highest BCUT2D eigenvalue weighted by Crippen LogP contribution is 2.31. The van der Waals surface area contributed by atoms with E-state index in [2.05, 4.69) is 0 Å². The summed E-state index contributed by atoms with van der Waals surface area (Å²) >= 11 is 5.99. The van der Waals surface area contributed by atoms with Crippen LogP contribution in [0.4, 0.5) is 0 Å². The number of carboxylic acid groups (broad SMARTS) is 1. The number of halogens is 1. The molecule has 1 unspecified atom stereocenters. The van der Waals surface area contributed by atoms with Crippen LogP contribution < -0.4 is 4.74 Å². The molecule has 2 aliphatic heterocycles. The molecule has 0 saturated carbocycles. The minimum Gasteiger partial charge on any atom is -0.492 e. The van der Waals surface area contributed by atoms with Crippen LogP contribution in [0.15, 0.2) is 18.2 Å². The summed E-state index contributed by atoms with van der Waals surface area (Å²) in [4.78, 5) is 25.4. The minimum atomic E-state index is -0.825. The van der Waals surface area contributed by atoms with Crippen molar-refractivity contribution < 1.29 is 19.4 Å². The Morgan fingerprint density at radius 2 is 2.14 bits per heavy atom. The molecule has 2 aliphatic rings. The van der Waals surface area contributed by atoms with E-state index in [0.717, 1.165) is 17.7 Å². The molecule has 1 aromatic rings. The molecule has 0 aliphatic carbocycles. The van der Waals surface area contributed by atoms with E-state index in [-0.39, 0.29) is 11.8 Å². The number of nitrogens with zero attached hydrogens (tertiary/aromatic N) is 1. The number of hydrogen-bond donors (Lipinski definition) is 1. The number of carbonyl (C=O) groups is 2. The average Bonchev–Trinajstić information content (AvgIpc) is 2.53. The molecule has 0 bridgehead atoms. The number of rotatable bonds is 2. The number of aliphatic carboxylic acids is 1. The molecular formula is C16H18ClNO4. The standard InChI is InChI=1S/C16H18ClNO4/c17-13-3-4-14-11(7-13)6-12(9-22-14)15(19)18-5-1-2-10(8-18)16(20)21/h3-4,7,10,12H,1-2,5-6,8-9H2,(H,20,21)/t10-,12?/m0/s1. The number of amides is 1. The monoisotopic (exact) mass is 323 g/mol. The molecule has 1 fully saturated rings. The van der Waals surface area contributed by atoms with E-state index < -0.39 is 11.9 Å². The Hall–Kier alpha value is -1.75. The van der Waals surface area contributed by atoms with E-state index in [1.54, 1.807) is 11.0 Å². The fraction of sp³-hybridized carbons (Fsp3) is 0.500. The van der Waals surface area contributed by atoms with Gasteiger partial charge in [-0.25, -0.2) is 0 Å². The zero-order valence-corrected chi connectivity index (χ0v) is 12.9. The topological polar surface area (TPSA) is 66.8 Å². The van der Waals surface area contributed by atoms with Crippen LogP contribution in [0.1, 0.15) is 18.4 Å². The third-order valence-corrected chi connectivity index (χ3v) is 4.60. The van der Waals surface area contributed by atoms with Gasteiger partial charge in [0.15, 0.2) is 0 Å². The molecule has 0 aromatic heterocycles. The van der Waals surface area contributed by atoms with Gasteiger partial charge in [0.1, 0.15) is 12.4 Å². The molecule has 3 rings (SSSR count). The number of carbonyl (C=O) groups excluding carboxylic acids is 1. The molecule has 5 nitrogen and oxygen atoms in total. The lowest BCUT2D eigenvalue weighted by atomic mass is 9.93. The summed E-state index contributed by atoms with van der Waals surface area (Å²) in [6.07, 6.45) is 1.96. The van der Waals surface area contributed by atoms with Crippen molar-refractivity contribution in [3.63, 3.8) is 0 Å². The van der Waals surface area contributed by atoms with Crippen LogP contribution >= 0.6 is 11.6 Å². The van der Waals surface area contributed by atoms with E-state index in [1.165, 1.54) is 0 Å². The van der Waals surface area contributed by atoms with E-state index in [1.807, 2.05) is 12.1 Å². The van der Waals surface area contributed by atoms with Crippen molar-refractivity contribution >= 4 is 23.5 Å². The quantitative estimate of drug-likeness (QED) is 0.906. The molecule has 2 heterocycles. The van der Waals surface area contributed by atoms with Gasteiger partial charge in [0.2, 0.25) is 5.91 Å². The highest BCUT2D eigenvalue weighted by Gasteiger charge is 2.34. The number of carboxylic acids is 1. The Morgan fingerprint density at radius 3 is 2.91 bits per heavy atom. The second-order valence-corrected chi connectivity index (χ2v) is 6.36. The first-order chi connectivity index (χ1) is 10.5. The maximum absolute atomic E-state index is 12.6. The van der Waals surface area contributed by atoms with E-state index >= 15 is 0 Å². The second kappa shape index (κ2) is 6.16. The fourth-order valence-electron chi connectivity index (χ4n) is 3.16. The lowest BCUT2D eigenvalue weighted by Gasteiger charge is -2.34. The predicted octanol–water partition coefficient (Wildman–Crippen LogP) is 2.21. The Morgan fingerprint density at radius 1 is 1.32 bits per heavy atom. The normalized spacial score (nSPS) is 24.3. The van der Waals surface area contributed by atoms with Gasteiger partial charge >= 0.3 is 5.97 Å². The Bertz CT molecular complexity index is 604. The van der Waals surface area contributed by atoms with Crippen LogP contribution in [0.25, 0.3) is 0 Å². The van der Waals surface area contributed by atoms with E-state index in [0.29, 0.717) is 37.6 Å². The molecule has 1 aromatic carbocycles. The Labute approximate surface area is 133 Å². The summed E-state index contributed by atoms with van der Waals surface area (Å²) in [5.41, 5.74) is 0.934. The van der Waals surface area contributed by atoms with Gasteiger partial charge in [0.25, 0.3) is 0 Å². The van der Waals surface area contributed by atoms with Gasteiger partial charge in [-0.2, -0.15) is 0 Å². The highest BCUT2D eigenvalue weighted by atomic mass is 35.5. The molecule has 1 N–H and O–H groups in total. The van der Waals surface area contributed by atoms with Gasteiger partial charge < -0.3 is 14.7 Å². The molecule has 2 atom stereocenters. The summed E-state index contributed by atoms with van der Waals surface area (Å²) in [7, 11) is 0. The van der Waals surface area contributed by atoms with Crippen molar-refractivity contribution in [1.29, 1.82) is 0 Å². The second-order valence-electron chi connectivity index (χ2n) is 5.93. The lowest BCUT2D eigenvalue weighted by molar-refractivity contribution is -0.147. The third-order valence-electron chi connectivity index (χ3n) is 4.36. The molecule has 22 heavy (non-hydrogen) atoms. The Balaban J connectivity index is 1.69. The van der Waals surface area contributed by atoms with Crippen molar-refractivity contribution in [1.82, 2.24) is 4.90 Å². The van der Waals surface area contributed by atoms with Gasteiger partial charge in [-0.05, 0) is 43.0 Å². The first-order valence-corrected chi connectivity index (χ1v) is 7.85. The fourth-order valence-corrected chi connectivity index (χ4v) is 3.35. The number of piperidine rings is 1. The molecule has 0 radical (unpaired) electrons. The average molecular weight is 324 g/mol. The van der Waals surface area contributed by atoms with Gasteiger partial charge in [-0.1, -0.05) is 11.6 Å². The number of likely N-dealkylation sites (tertiary alicyclic amines) is 1. The largest absolute Gasteiger partial charge is 0.492 e. The lowest BCUT2D eigenvalue weighted by Crippen LogP contribution is -2.47. The molecule has 1 saturated heterocycles. The molecular weight excluding hydrogens is 306 g/mol. The van der Waals surface area contributed by atoms with Crippen molar-refractivity contribution in [3.05, 3.63) is 28.8 Å². The summed E-state index contributed by atoms with van der Waals surface area (Å²) in [5.74, 6) is -0.788. The smallest absolute Gasteiger partial charge is 0.308 e. The minimum absolute atomic E-state index is 0.0171. The zero-order chi connectivity index (χ0) is 15.7. The zero-order valence-electron chi connectivity index (χ0n) is 12.1. The summed E-state index contributed by atoms with van der Waals surface area (Å²) in [6.45, 7) is 1.26. The number of hydrogen-bond acceptors (Lipinski definition) is 3. The van der Waals surface area contributed by atoms with E-state index in [9.17, 15) is 9.59 Å². The van der Waals surface area contributed by atoms with Gasteiger partial charge in [0.05, 0.1) is 11.8 Å². The predicted molar refractivity (Wildman–Crippen MR) is 81.1 cm³/mol. The van der Waals surface area contributed by atoms with Crippen molar-refractivity contribution in [3.8, 4) is 5.75 Å². The van der Waals surface area contributed by atoms with Crippen LogP contribution in [-0.2, 0) is 16.0 Å². The number of fused-ring (bicyclic) bond motifs is 1. The van der Waals surface area contributed by atoms with Crippen LogP contribution in [0.5, 0.6) is 5.75 Å². The van der Waals surface area contributed by atoms with Gasteiger partial charge in [-0.3, -0.25) is 9.59 Å². The maximum Gasteiger partial charge on any atom is 0.308 e. The van der Waals surface area contributed by atoms with Gasteiger partial charge in [0, 0.05) is 18.1 Å². The van der Waals surface area contributed by atoms with Gasteiger partial charge in [-0.15, -0.1) is 0 Å². The Kier molecular flexibility index (Phi) is 4.25. The summed E-state index contributed by atoms with van der Waals surface area (Å²) < 4.78 is 5.65. The third kappa shape index (κ3) is 3.04.